The van der Waals surface area contributed by atoms with Gasteiger partial charge in [-0.2, -0.15) is 0 Å². The van der Waals surface area contributed by atoms with Gasteiger partial charge in [0.2, 0.25) is 5.91 Å². The molecule has 0 aliphatic heterocycles. The van der Waals surface area contributed by atoms with Crippen LogP contribution in [-0.2, 0) is 9.53 Å². The summed E-state index contributed by atoms with van der Waals surface area (Å²) in [7, 11) is 0. The normalized spacial score (nSPS) is 11.9. The molecule has 1 aromatic heterocycles. The van der Waals surface area contributed by atoms with Crippen LogP contribution in [0.1, 0.15) is 24.2 Å². The van der Waals surface area contributed by atoms with E-state index >= 15 is 0 Å². The molecule has 1 aromatic rings. The van der Waals surface area contributed by atoms with Gasteiger partial charge < -0.3 is 15.8 Å². The number of anilines is 1. The molecule has 0 aliphatic carbocycles. The zero-order valence-corrected chi connectivity index (χ0v) is 9.97. The van der Waals surface area contributed by atoms with Gasteiger partial charge in [-0.05, 0) is 25.3 Å². The number of hydrogen-bond acceptors (Lipinski definition) is 5. The lowest BCUT2D eigenvalue weighted by Crippen LogP contribution is -2.32. The second-order valence-corrected chi connectivity index (χ2v) is 4.08. The summed E-state index contributed by atoms with van der Waals surface area (Å²) >= 11 is 1.26. The molecule has 0 radical (unpaired) electrons. The summed E-state index contributed by atoms with van der Waals surface area (Å²) in [5.41, 5.74) is 5.78. The van der Waals surface area contributed by atoms with E-state index in [2.05, 4.69) is 5.32 Å². The number of carbonyl (C=O) groups is 2. The highest BCUT2D eigenvalue weighted by Crippen LogP contribution is 2.24. The monoisotopic (exact) mass is 242 g/mol. The van der Waals surface area contributed by atoms with Crippen LogP contribution in [0.3, 0.4) is 0 Å². The van der Waals surface area contributed by atoms with Crippen molar-refractivity contribution < 1.29 is 14.3 Å². The fourth-order valence-corrected chi connectivity index (χ4v) is 1.78. The molecule has 6 heteroatoms. The molecule has 0 aromatic carbocycles. The van der Waals surface area contributed by atoms with E-state index in [0.29, 0.717) is 17.2 Å². The lowest BCUT2D eigenvalue weighted by Gasteiger charge is -2.07. The molecule has 88 valence electrons. The van der Waals surface area contributed by atoms with E-state index in [1.54, 1.807) is 25.3 Å². The van der Waals surface area contributed by atoms with Crippen LogP contribution in [0, 0.1) is 0 Å². The Bertz CT molecular complexity index is 387. The third-order valence-corrected chi connectivity index (χ3v) is 2.64. The average molecular weight is 242 g/mol. The molecule has 0 bridgehead atoms. The van der Waals surface area contributed by atoms with Crippen molar-refractivity contribution in [3.8, 4) is 0 Å². The number of nitrogens with one attached hydrogen (secondary N) is 1. The molecule has 1 rings (SSSR count). The zero-order chi connectivity index (χ0) is 12.1. The molecule has 3 N–H and O–H groups in total. The van der Waals surface area contributed by atoms with E-state index < -0.39 is 12.0 Å². The summed E-state index contributed by atoms with van der Waals surface area (Å²) in [4.78, 5) is 22.8. The SMILES string of the molecule is CCOC(=O)c1ccsc1NC(=O)C(C)N. The van der Waals surface area contributed by atoms with Crippen molar-refractivity contribution in [2.24, 2.45) is 5.73 Å². The molecule has 0 spiro atoms. The van der Waals surface area contributed by atoms with Gasteiger partial charge in [0, 0.05) is 0 Å². The summed E-state index contributed by atoms with van der Waals surface area (Å²) in [6.07, 6.45) is 0. The zero-order valence-electron chi connectivity index (χ0n) is 9.15. The minimum Gasteiger partial charge on any atom is -0.462 e. The van der Waals surface area contributed by atoms with Crippen LogP contribution < -0.4 is 11.1 Å². The number of rotatable bonds is 4. The first-order chi connectivity index (χ1) is 7.56. The van der Waals surface area contributed by atoms with Gasteiger partial charge in [0.05, 0.1) is 18.2 Å². The Hall–Kier alpha value is -1.40. The van der Waals surface area contributed by atoms with Gasteiger partial charge in [-0.15, -0.1) is 11.3 Å². The highest BCUT2D eigenvalue weighted by Gasteiger charge is 2.17. The average Bonchev–Trinajstić information content (AvgIpc) is 2.66. The minimum atomic E-state index is -0.614. The summed E-state index contributed by atoms with van der Waals surface area (Å²) in [6, 6.07) is 0.997. The maximum absolute atomic E-state index is 11.5. The van der Waals surface area contributed by atoms with Gasteiger partial charge in [0.1, 0.15) is 5.00 Å². The molecule has 0 aliphatic rings. The van der Waals surface area contributed by atoms with Crippen molar-refractivity contribution in [1.29, 1.82) is 0 Å². The molecule has 1 heterocycles. The highest BCUT2D eigenvalue weighted by molar-refractivity contribution is 7.14. The molecular formula is C10H14N2O3S. The van der Waals surface area contributed by atoms with Crippen molar-refractivity contribution in [2.75, 3.05) is 11.9 Å². The molecule has 0 saturated carbocycles. The maximum Gasteiger partial charge on any atom is 0.341 e. The predicted molar refractivity (Wildman–Crippen MR) is 62.6 cm³/mol. The van der Waals surface area contributed by atoms with Gasteiger partial charge >= 0.3 is 5.97 Å². The predicted octanol–water partition coefficient (Wildman–Crippen LogP) is 1.21. The summed E-state index contributed by atoms with van der Waals surface area (Å²) < 4.78 is 4.85. The van der Waals surface area contributed by atoms with E-state index in [9.17, 15) is 9.59 Å². The molecule has 1 atom stereocenters. The highest BCUT2D eigenvalue weighted by atomic mass is 32.1. The van der Waals surface area contributed by atoms with Gasteiger partial charge in [-0.3, -0.25) is 4.79 Å². The van der Waals surface area contributed by atoms with Crippen molar-refractivity contribution in [3.05, 3.63) is 17.0 Å². The lowest BCUT2D eigenvalue weighted by atomic mass is 10.3. The molecule has 1 unspecified atom stereocenters. The Morgan fingerprint density at radius 3 is 2.88 bits per heavy atom. The number of thiophene rings is 1. The fraction of sp³-hybridized carbons (Fsp3) is 0.400. The Labute approximate surface area is 97.6 Å². The number of esters is 1. The van der Waals surface area contributed by atoms with Crippen LogP contribution in [0.15, 0.2) is 11.4 Å². The molecule has 0 fully saturated rings. The number of ether oxygens (including phenoxy) is 1. The number of hydrogen-bond donors (Lipinski definition) is 2. The summed E-state index contributed by atoms with van der Waals surface area (Å²) in [5, 5.41) is 4.77. The first-order valence-corrected chi connectivity index (χ1v) is 5.75. The standard InChI is InChI=1S/C10H14N2O3S/c1-3-15-10(14)7-4-5-16-9(7)12-8(13)6(2)11/h4-6H,3,11H2,1-2H3,(H,12,13). The number of carbonyl (C=O) groups excluding carboxylic acids is 2. The van der Waals surface area contributed by atoms with E-state index in [1.165, 1.54) is 11.3 Å². The fourth-order valence-electron chi connectivity index (χ4n) is 1.00. The molecule has 16 heavy (non-hydrogen) atoms. The first kappa shape index (κ1) is 12.7. The minimum absolute atomic E-state index is 0.301. The quantitative estimate of drug-likeness (QED) is 0.777. The third-order valence-electron chi connectivity index (χ3n) is 1.81. The topological polar surface area (TPSA) is 81.4 Å². The van der Waals surface area contributed by atoms with E-state index in [1.807, 2.05) is 0 Å². The lowest BCUT2D eigenvalue weighted by molar-refractivity contribution is -0.117. The maximum atomic E-state index is 11.5. The molecular weight excluding hydrogens is 228 g/mol. The van der Waals surface area contributed by atoms with E-state index in [4.69, 9.17) is 10.5 Å². The third kappa shape index (κ3) is 3.04. The van der Waals surface area contributed by atoms with Gasteiger partial charge in [0.25, 0.3) is 0 Å². The molecule has 5 nitrogen and oxygen atoms in total. The second kappa shape index (κ2) is 5.62. The Morgan fingerprint density at radius 2 is 2.31 bits per heavy atom. The van der Waals surface area contributed by atoms with Gasteiger partial charge in [0.15, 0.2) is 0 Å². The smallest absolute Gasteiger partial charge is 0.341 e. The molecule has 1 amide bonds. The summed E-state index contributed by atoms with van der Waals surface area (Å²) in [6.45, 7) is 3.60. The van der Waals surface area contributed by atoms with Crippen molar-refractivity contribution in [2.45, 2.75) is 19.9 Å². The summed E-state index contributed by atoms with van der Waals surface area (Å²) in [5.74, 6) is -0.767. The van der Waals surface area contributed by atoms with Crippen molar-refractivity contribution in [3.63, 3.8) is 0 Å². The van der Waals surface area contributed by atoms with E-state index in [-0.39, 0.29) is 5.91 Å². The van der Waals surface area contributed by atoms with Crippen molar-refractivity contribution in [1.82, 2.24) is 0 Å². The van der Waals surface area contributed by atoms with Crippen LogP contribution in [-0.4, -0.2) is 24.5 Å². The number of amides is 1. The molecule has 0 saturated heterocycles. The van der Waals surface area contributed by atoms with Crippen LogP contribution in [0.4, 0.5) is 5.00 Å². The van der Waals surface area contributed by atoms with Gasteiger partial charge in [-0.25, -0.2) is 4.79 Å². The first-order valence-electron chi connectivity index (χ1n) is 4.87. The van der Waals surface area contributed by atoms with E-state index in [0.717, 1.165) is 0 Å². The largest absolute Gasteiger partial charge is 0.462 e. The Morgan fingerprint density at radius 1 is 1.62 bits per heavy atom. The Balaban J connectivity index is 2.78. The second-order valence-electron chi connectivity index (χ2n) is 3.16. The Kier molecular flexibility index (Phi) is 4.45. The van der Waals surface area contributed by atoms with Crippen molar-refractivity contribution >= 4 is 28.2 Å². The number of nitrogens with two attached hydrogens (primary N) is 1. The van der Waals surface area contributed by atoms with Crippen LogP contribution in [0.2, 0.25) is 0 Å². The van der Waals surface area contributed by atoms with Crippen LogP contribution in [0.25, 0.3) is 0 Å². The van der Waals surface area contributed by atoms with Crippen LogP contribution >= 0.6 is 11.3 Å². The van der Waals surface area contributed by atoms with Crippen LogP contribution in [0.5, 0.6) is 0 Å². The van der Waals surface area contributed by atoms with Gasteiger partial charge in [-0.1, -0.05) is 0 Å².